The maximum atomic E-state index is 3.64. The molecule has 0 atom stereocenters. The minimum atomic E-state index is 0.789. The SMILES string of the molecule is C=C/C=C/C(Br)=C/C1CCCCC1. The standard InChI is InChI=1S/C12H17Br/c1-2-3-9-12(13)10-11-7-5-4-6-8-11/h2-3,9-11H,1,4-8H2/b9-3+,12-10-. The Morgan fingerprint density at radius 3 is 2.54 bits per heavy atom. The third-order valence-electron chi connectivity index (χ3n) is 2.44. The molecule has 0 nitrogen and oxygen atoms in total. The zero-order valence-corrected chi connectivity index (χ0v) is 9.59. The minimum absolute atomic E-state index is 0.789. The van der Waals surface area contributed by atoms with Gasteiger partial charge in [0.15, 0.2) is 0 Å². The highest BCUT2D eigenvalue weighted by Crippen LogP contribution is 2.26. The largest absolute Gasteiger partial charge is 0.0991 e. The fraction of sp³-hybridized carbons (Fsp3) is 0.500. The molecule has 0 amide bonds. The molecule has 0 aromatic heterocycles. The summed E-state index contributed by atoms with van der Waals surface area (Å²) in [5.41, 5.74) is 0. The van der Waals surface area contributed by atoms with Crippen molar-refractivity contribution in [2.24, 2.45) is 5.92 Å². The highest BCUT2D eigenvalue weighted by atomic mass is 79.9. The molecule has 0 aliphatic heterocycles. The van der Waals surface area contributed by atoms with Crippen molar-refractivity contribution in [3.8, 4) is 0 Å². The zero-order chi connectivity index (χ0) is 9.52. The van der Waals surface area contributed by atoms with Crippen LogP contribution in [-0.2, 0) is 0 Å². The van der Waals surface area contributed by atoms with E-state index < -0.39 is 0 Å². The molecule has 0 spiro atoms. The number of hydrogen-bond acceptors (Lipinski definition) is 0. The monoisotopic (exact) mass is 240 g/mol. The van der Waals surface area contributed by atoms with Gasteiger partial charge in [0.05, 0.1) is 0 Å². The molecule has 72 valence electrons. The van der Waals surface area contributed by atoms with Crippen LogP contribution >= 0.6 is 15.9 Å². The molecule has 0 N–H and O–H groups in total. The Morgan fingerprint density at radius 2 is 1.92 bits per heavy atom. The van der Waals surface area contributed by atoms with Gasteiger partial charge in [-0.2, -0.15) is 0 Å². The Bertz CT molecular complexity index is 207. The fourth-order valence-corrected chi connectivity index (χ4v) is 2.27. The van der Waals surface area contributed by atoms with Gasteiger partial charge in [0.25, 0.3) is 0 Å². The zero-order valence-electron chi connectivity index (χ0n) is 8.01. The third-order valence-corrected chi connectivity index (χ3v) is 2.96. The number of halogens is 1. The molecule has 0 bridgehead atoms. The van der Waals surface area contributed by atoms with Crippen molar-refractivity contribution in [3.05, 3.63) is 35.4 Å². The lowest BCUT2D eigenvalue weighted by Gasteiger charge is -2.17. The van der Waals surface area contributed by atoms with Crippen LogP contribution in [0.4, 0.5) is 0 Å². The summed E-state index contributed by atoms with van der Waals surface area (Å²) in [6.07, 6.45) is 15.1. The van der Waals surface area contributed by atoms with E-state index in [1.807, 2.05) is 6.08 Å². The Labute approximate surface area is 89.5 Å². The summed E-state index contributed by atoms with van der Waals surface area (Å²) in [4.78, 5) is 0. The van der Waals surface area contributed by atoms with E-state index in [1.165, 1.54) is 36.6 Å². The van der Waals surface area contributed by atoms with Crippen LogP contribution in [0.25, 0.3) is 0 Å². The molecule has 0 aromatic rings. The van der Waals surface area contributed by atoms with Crippen LogP contribution in [0.3, 0.4) is 0 Å². The normalized spacial score (nSPS) is 20.8. The predicted octanol–water partition coefficient (Wildman–Crippen LogP) is 4.59. The van der Waals surface area contributed by atoms with Crippen molar-refractivity contribution in [1.82, 2.24) is 0 Å². The van der Waals surface area contributed by atoms with E-state index in [2.05, 4.69) is 34.7 Å². The predicted molar refractivity (Wildman–Crippen MR) is 62.9 cm³/mol. The summed E-state index contributed by atoms with van der Waals surface area (Å²) in [6, 6.07) is 0. The lowest BCUT2D eigenvalue weighted by Crippen LogP contribution is -2.02. The van der Waals surface area contributed by atoms with Crippen molar-refractivity contribution in [1.29, 1.82) is 0 Å². The van der Waals surface area contributed by atoms with Crippen molar-refractivity contribution in [2.45, 2.75) is 32.1 Å². The van der Waals surface area contributed by atoms with Crippen LogP contribution in [0.5, 0.6) is 0 Å². The van der Waals surface area contributed by atoms with Gasteiger partial charge in [-0.05, 0) is 24.8 Å². The molecule has 1 fully saturated rings. The topological polar surface area (TPSA) is 0 Å². The maximum Gasteiger partial charge on any atom is 0.0138 e. The first-order valence-corrected chi connectivity index (χ1v) is 5.78. The summed E-state index contributed by atoms with van der Waals surface area (Å²) in [7, 11) is 0. The molecule has 0 radical (unpaired) electrons. The number of rotatable bonds is 3. The molecule has 0 aromatic carbocycles. The second kappa shape index (κ2) is 6.20. The van der Waals surface area contributed by atoms with Crippen molar-refractivity contribution in [2.75, 3.05) is 0 Å². The van der Waals surface area contributed by atoms with E-state index in [4.69, 9.17) is 0 Å². The molecule has 1 aliphatic carbocycles. The van der Waals surface area contributed by atoms with Crippen molar-refractivity contribution < 1.29 is 0 Å². The summed E-state index contributed by atoms with van der Waals surface area (Å²) >= 11 is 3.54. The quantitative estimate of drug-likeness (QED) is 0.634. The Balaban J connectivity index is 2.42. The molecule has 1 saturated carbocycles. The molecule has 1 heteroatoms. The first-order valence-electron chi connectivity index (χ1n) is 4.99. The average molecular weight is 241 g/mol. The Morgan fingerprint density at radius 1 is 1.23 bits per heavy atom. The van der Waals surface area contributed by atoms with Gasteiger partial charge >= 0.3 is 0 Å². The van der Waals surface area contributed by atoms with E-state index in [-0.39, 0.29) is 0 Å². The average Bonchev–Trinajstić information content (AvgIpc) is 2.16. The van der Waals surface area contributed by atoms with Gasteiger partial charge in [0.1, 0.15) is 0 Å². The molecule has 1 rings (SSSR count). The first-order chi connectivity index (χ1) is 6.33. The maximum absolute atomic E-state index is 3.64. The molecular formula is C12H17Br. The van der Waals surface area contributed by atoms with Crippen LogP contribution in [0.1, 0.15) is 32.1 Å². The van der Waals surface area contributed by atoms with Gasteiger partial charge in [0, 0.05) is 4.48 Å². The highest BCUT2D eigenvalue weighted by molar-refractivity contribution is 9.11. The van der Waals surface area contributed by atoms with Gasteiger partial charge < -0.3 is 0 Å². The van der Waals surface area contributed by atoms with Gasteiger partial charge in [0.2, 0.25) is 0 Å². The fourth-order valence-electron chi connectivity index (χ4n) is 1.74. The Kier molecular flexibility index (Phi) is 5.14. The lowest BCUT2D eigenvalue weighted by molar-refractivity contribution is 0.419. The molecule has 0 unspecified atom stereocenters. The van der Waals surface area contributed by atoms with E-state index in [1.54, 1.807) is 6.08 Å². The summed E-state index contributed by atoms with van der Waals surface area (Å²) in [6.45, 7) is 3.64. The van der Waals surface area contributed by atoms with Gasteiger partial charge in [-0.25, -0.2) is 0 Å². The van der Waals surface area contributed by atoms with Crippen LogP contribution < -0.4 is 0 Å². The number of hydrogen-bond donors (Lipinski definition) is 0. The van der Waals surface area contributed by atoms with E-state index >= 15 is 0 Å². The van der Waals surface area contributed by atoms with Gasteiger partial charge in [-0.1, -0.05) is 60.0 Å². The molecule has 13 heavy (non-hydrogen) atoms. The van der Waals surface area contributed by atoms with Gasteiger partial charge in [-0.3, -0.25) is 0 Å². The molecule has 0 heterocycles. The van der Waals surface area contributed by atoms with Crippen molar-refractivity contribution >= 4 is 15.9 Å². The number of allylic oxidation sites excluding steroid dienone is 5. The smallest absolute Gasteiger partial charge is 0.0138 e. The van der Waals surface area contributed by atoms with Crippen LogP contribution in [0.2, 0.25) is 0 Å². The third kappa shape index (κ3) is 4.47. The summed E-state index contributed by atoms with van der Waals surface area (Å²) in [5, 5.41) is 0. The van der Waals surface area contributed by atoms with E-state index in [0.29, 0.717) is 0 Å². The Hall–Kier alpha value is -0.300. The minimum Gasteiger partial charge on any atom is -0.0991 e. The second-order valence-electron chi connectivity index (χ2n) is 3.54. The summed E-state index contributed by atoms with van der Waals surface area (Å²) < 4.78 is 1.19. The highest BCUT2D eigenvalue weighted by Gasteiger charge is 2.10. The summed E-state index contributed by atoms with van der Waals surface area (Å²) in [5.74, 6) is 0.789. The van der Waals surface area contributed by atoms with E-state index in [0.717, 1.165) is 5.92 Å². The van der Waals surface area contributed by atoms with Crippen LogP contribution in [0, 0.1) is 5.92 Å². The lowest BCUT2D eigenvalue weighted by atomic mass is 9.89. The molecule has 1 aliphatic rings. The second-order valence-corrected chi connectivity index (χ2v) is 4.46. The van der Waals surface area contributed by atoms with Crippen LogP contribution in [0.15, 0.2) is 35.4 Å². The molecule has 0 saturated heterocycles. The van der Waals surface area contributed by atoms with Gasteiger partial charge in [-0.15, -0.1) is 0 Å². The molecular weight excluding hydrogens is 224 g/mol. The van der Waals surface area contributed by atoms with Crippen LogP contribution in [-0.4, -0.2) is 0 Å². The van der Waals surface area contributed by atoms with E-state index in [9.17, 15) is 0 Å². The first kappa shape index (κ1) is 10.8. The van der Waals surface area contributed by atoms with Crippen molar-refractivity contribution in [3.63, 3.8) is 0 Å².